The van der Waals surface area contributed by atoms with Gasteiger partial charge in [-0.05, 0) is 43.9 Å². The van der Waals surface area contributed by atoms with Gasteiger partial charge in [-0.2, -0.15) is 0 Å². The molecule has 0 radical (unpaired) electrons. The number of hydrogen-bond acceptors (Lipinski definition) is 4. The van der Waals surface area contributed by atoms with Crippen LogP contribution >= 0.6 is 0 Å². The molecule has 0 N–H and O–H groups in total. The Labute approximate surface area is 143 Å². The van der Waals surface area contributed by atoms with Crippen LogP contribution in [0.5, 0.6) is 0 Å². The highest BCUT2D eigenvalue weighted by Crippen LogP contribution is 2.28. The van der Waals surface area contributed by atoms with E-state index in [9.17, 15) is 9.59 Å². The summed E-state index contributed by atoms with van der Waals surface area (Å²) >= 11 is 0. The van der Waals surface area contributed by atoms with Crippen LogP contribution in [0.2, 0.25) is 0 Å². The molecule has 0 saturated heterocycles. The number of carbonyl (C=O) groups is 2. The van der Waals surface area contributed by atoms with Crippen LogP contribution in [-0.2, 0) is 25.5 Å². The Balaban J connectivity index is 3.05. The highest BCUT2D eigenvalue weighted by Gasteiger charge is 2.45. The highest BCUT2D eigenvalue weighted by molar-refractivity contribution is 6.02. The third-order valence-electron chi connectivity index (χ3n) is 3.51. The zero-order valence-electron chi connectivity index (χ0n) is 14.7. The Hall–Kier alpha value is -2.58. The smallest absolute Gasteiger partial charge is 0.328 e. The molecule has 4 nitrogen and oxygen atoms in total. The largest absolute Gasteiger partial charge is 0.468 e. The fraction of sp³-hybridized carbons (Fsp3) is 0.350. The number of methoxy groups -OCH3 is 2. The van der Waals surface area contributed by atoms with Gasteiger partial charge in [-0.25, -0.2) is 0 Å². The molecule has 0 fully saturated rings. The van der Waals surface area contributed by atoms with E-state index in [-0.39, 0.29) is 6.42 Å². The Morgan fingerprint density at radius 3 is 2.12 bits per heavy atom. The van der Waals surface area contributed by atoms with Crippen molar-refractivity contribution in [2.45, 2.75) is 26.7 Å². The van der Waals surface area contributed by atoms with Gasteiger partial charge in [0.1, 0.15) is 0 Å². The summed E-state index contributed by atoms with van der Waals surface area (Å²) in [6.07, 6.45) is 6.02. The molecule has 0 bridgehead atoms. The van der Waals surface area contributed by atoms with Crippen molar-refractivity contribution in [1.29, 1.82) is 0 Å². The Bertz CT molecular complexity index is 629. The second-order valence-corrected chi connectivity index (χ2v) is 5.61. The zero-order chi connectivity index (χ0) is 18.0. The van der Waals surface area contributed by atoms with E-state index in [1.807, 2.05) is 50.3 Å². The second kappa shape index (κ2) is 9.53. The Kier molecular flexibility index (Phi) is 7.73. The fourth-order valence-electron chi connectivity index (χ4n) is 2.16. The van der Waals surface area contributed by atoms with Crippen LogP contribution in [0, 0.1) is 5.41 Å². The molecule has 0 amide bonds. The second-order valence-electron chi connectivity index (χ2n) is 5.61. The van der Waals surface area contributed by atoms with E-state index in [1.165, 1.54) is 20.3 Å². The average Bonchev–Trinajstić information content (AvgIpc) is 2.60. The summed E-state index contributed by atoms with van der Waals surface area (Å²) < 4.78 is 9.66. The summed E-state index contributed by atoms with van der Waals surface area (Å²) in [5, 5.41) is 0. The molecule has 0 aliphatic carbocycles. The van der Waals surface area contributed by atoms with Crippen LogP contribution in [0.1, 0.15) is 25.8 Å². The monoisotopic (exact) mass is 328 g/mol. The van der Waals surface area contributed by atoms with Crippen LogP contribution < -0.4 is 0 Å². The van der Waals surface area contributed by atoms with Crippen molar-refractivity contribution in [3.05, 3.63) is 65.4 Å². The van der Waals surface area contributed by atoms with Crippen molar-refractivity contribution in [2.75, 3.05) is 14.2 Å². The predicted molar refractivity (Wildman–Crippen MR) is 93.3 cm³/mol. The van der Waals surface area contributed by atoms with Gasteiger partial charge in [-0.3, -0.25) is 9.59 Å². The van der Waals surface area contributed by atoms with E-state index in [2.05, 4.69) is 5.73 Å². The summed E-state index contributed by atoms with van der Waals surface area (Å²) in [7, 11) is 2.51. The maximum absolute atomic E-state index is 12.3. The van der Waals surface area contributed by atoms with Crippen molar-refractivity contribution in [3.8, 4) is 0 Å². The first-order chi connectivity index (χ1) is 11.5. The quantitative estimate of drug-likeness (QED) is 0.332. The first kappa shape index (κ1) is 19.5. The Morgan fingerprint density at radius 2 is 1.62 bits per heavy atom. The Morgan fingerprint density at radius 1 is 1.04 bits per heavy atom. The summed E-state index contributed by atoms with van der Waals surface area (Å²) in [6.45, 7) is 3.67. The van der Waals surface area contributed by atoms with E-state index in [1.54, 1.807) is 6.08 Å². The highest BCUT2D eigenvalue weighted by atomic mass is 16.5. The first-order valence-corrected chi connectivity index (χ1v) is 7.73. The van der Waals surface area contributed by atoms with Gasteiger partial charge in [0.2, 0.25) is 0 Å². The van der Waals surface area contributed by atoms with Gasteiger partial charge < -0.3 is 9.47 Å². The lowest BCUT2D eigenvalue weighted by Crippen LogP contribution is -2.39. The maximum atomic E-state index is 12.3. The molecular weight excluding hydrogens is 304 g/mol. The molecule has 24 heavy (non-hydrogen) atoms. The number of rotatable bonds is 7. The van der Waals surface area contributed by atoms with Crippen molar-refractivity contribution >= 4 is 11.9 Å². The lowest BCUT2D eigenvalue weighted by molar-refractivity contribution is -0.164. The molecule has 1 aromatic rings. The van der Waals surface area contributed by atoms with E-state index in [4.69, 9.17) is 9.47 Å². The molecule has 0 saturated carbocycles. The standard InChI is InChI=1S/C20H24O4/c1-16(2)13-15-20(18(21)23-3,19(22)24-4)14-9-8-12-17-10-6-5-7-11-17/h5-11,15H,12,14H2,1-4H3/b9-8+. The van der Waals surface area contributed by atoms with Gasteiger partial charge in [0.05, 0.1) is 14.2 Å². The normalized spacial score (nSPS) is 10.8. The molecule has 0 atom stereocenters. The average molecular weight is 328 g/mol. The van der Waals surface area contributed by atoms with Gasteiger partial charge >= 0.3 is 11.9 Å². The van der Waals surface area contributed by atoms with Crippen LogP contribution in [0.4, 0.5) is 0 Å². The van der Waals surface area contributed by atoms with Crippen LogP contribution in [-0.4, -0.2) is 26.2 Å². The SMILES string of the molecule is COC(=O)C(C=C=C(C)C)(C/C=C/Cc1ccccc1)C(=O)OC. The number of benzene rings is 1. The fourth-order valence-corrected chi connectivity index (χ4v) is 2.16. The lowest BCUT2D eigenvalue weighted by atomic mass is 9.83. The van der Waals surface area contributed by atoms with Gasteiger partial charge in [0.25, 0.3) is 0 Å². The van der Waals surface area contributed by atoms with Crippen LogP contribution in [0.15, 0.2) is 59.9 Å². The predicted octanol–water partition coefficient (Wildman–Crippen LogP) is 3.63. The van der Waals surface area contributed by atoms with Crippen molar-refractivity contribution < 1.29 is 19.1 Å². The molecule has 0 spiro atoms. The van der Waals surface area contributed by atoms with E-state index in [0.29, 0.717) is 6.42 Å². The minimum atomic E-state index is -1.52. The van der Waals surface area contributed by atoms with E-state index in [0.717, 1.165) is 11.1 Å². The molecule has 1 aromatic carbocycles. The molecular formula is C20H24O4. The number of carbonyl (C=O) groups excluding carboxylic acids is 2. The summed E-state index contributed by atoms with van der Waals surface area (Å²) in [5.74, 6) is -1.32. The topological polar surface area (TPSA) is 52.6 Å². The van der Waals surface area contributed by atoms with Gasteiger partial charge in [-0.1, -0.05) is 42.5 Å². The third kappa shape index (κ3) is 5.25. The van der Waals surface area contributed by atoms with Crippen molar-refractivity contribution in [2.24, 2.45) is 5.41 Å². The molecule has 0 heterocycles. The summed E-state index contributed by atoms with van der Waals surface area (Å²) in [4.78, 5) is 24.5. The maximum Gasteiger partial charge on any atom is 0.328 e. The molecule has 0 aliphatic heterocycles. The molecule has 0 aromatic heterocycles. The molecule has 0 unspecified atom stereocenters. The van der Waals surface area contributed by atoms with Gasteiger partial charge in [0, 0.05) is 0 Å². The van der Waals surface area contributed by atoms with Crippen LogP contribution in [0.25, 0.3) is 0 Å². The molecule has 0 aliphatic rings. The molecule has 1 rings (SSSR count). The van der Waals surface area contributed by atoms with Crippen LogP contribution in [0.3, 0.4) is 0 Å². The molecule has 4 heteroatoms. The van der Waals surface area contributed by atoms with Crippen molar-refractivity contribution in [3.63, 3.8) is 0 Å². The summed E-state index contributed by atoms with van der Waals surface area (Å²) in [6, 6.07) is 9.92. The molecule has 128 valence electrons. The number of hydrogen-bond donors (Lipinski definition) is 0. The van der Waals surface area contributed by atoms with Gasteiger partial charge in [0.15, 0.2) is 5.41 Å². The van der Waals surface area contributed by atoms with Gasteiger partial charge in [-0.15, -0.1) is 5.73 Å². The van der Waals surface area contributed by atoms with E-state index < -0.39 is 17.4 Å². The minimum Gasteiger partial charge on any atom is -0.468 e. The number of ether oxygens (including phenoxy) is 2. The van der Waals surface area contributed by atoms with Crippen molar-refractivity contribution in [1.82, 2.24) is 0 Å². The lowest BCUT2D eigenvalue weighted by Gasteiger charge is -2.22. The zero-order valence-corrected chi connectivity index (χ0v) is 14.7. The minimum absolute atomic E-state index is 0.152. The first-order valence-electron chi connectivity index (χ1n) is 7.73. The number of esters is 2. The third-order valence-corrected chi connectivity index (χ3v) is 3.51. The number of allylic oxidation sites excluding steroid dienone is 2. The summed E-state index contributed by atoms with van der Waals surface area (Å²) in [5.41, 5.74) is 3.41. The van der Waals surface area contributed by atoms with E-state index >= 15 is 0 Å².